The van der Waals surface area contributed by atoms with Gasteiger partial charge in [0, 0.05) is 18.2 Å². The van der Waals surface area contributed by atoms with Crippen molar-refractivity contribution in [2.45, 2.75) is 26.4 Å². The van der Waals surface area contributed by atoms with Gasteiger partial charge in [0.2, 0.25) is 0 Å². The molecule has 0 aliphatic carbocycles. The number of esters is 1. The molecule has 4 N–H and O–H groups in total. The molecule has 9 nitrogen and oxygen atoms in total. The molecule has 0 bridgehead atoms. The molecular formula is C21H24N4O5. The number of benzene rings is 2. The van der Waals surface area contributed by atoms with E-state index >= 15 is 0 Å². The summed E-state index contributed by atoms with van der Waals surface area (Å²) in [7, 11) is 0. The van der Waals surface area contributed by atoms with Crippen molar-refractivity contribution in [1.29, 1.82) is 0 Å². The third kappa shape index (κ3) is 7.63. The summed E-state index contributed by atoms with van der Waals surface area (Å²) in [5.74, 6) is -1.84. The molecule has 0 saturated carbocycles. The highest BCUT2D eigenvalue weighted by molar-refractivity contribution is 5.96. The van der Waals surface area contributed by atoms with Crippen LogP contribution in [-0.4, -0.2) is 36.5 Å². The summed E-state index contributed by atoms with van der Waals surface area (Å²) in [6.07, 6.45) is 0. The Bertz CT molecular complexity index is 882. The molecule has 0 heterocycles. The fourth-order valence-electron chi connectivity index (χ4n) is 2.29. The molecule has 0 saturated heterocycles. The van der Waals surface area contributed by atoms with Gasteiger partial charge in [0.1, 0.15) is 0 Å². The first-order valence-electron chi connectivity index (χ1n) is 9.30. The van der Waals surface area contributed by atoms with Crippen LogP contribution in [0.3, 0.4) is 0 Å². The minimum absolute atomic E-state index is 0.0333. The Kier molecular flexibility index (Phi) is 8.37. The summed E-state index contributed by atoms with van der Waals surface area (Å²) in [6, 6.07) is 14.5. The van der Waals surface area contributed by atoms with Crippen LogP contribution in [0, 0.1) is 0 Å². The second-order valence-corrected chi connectivity index (χ2v) is 6.62. The number of urea groups is 1. The van der Waals surface area contributed by atoms with Crippen LogP contribution in [0.5, 0.6) is 0 Å². The van der Waals surface area contributed by atoms with Gasteiger partial charge in [-0.05, 0) is 43.7 Å². The highest BCUT2D eigenvalue weighted by Crippen LogP contribution is 2.06. The summed E-state index contributed by atoms with van der Waals surface area (Å²) in [5.41, 5.74) is 5.85. The van der Waals surface area contributed by atoms with Crippen molar-refractivity contribution in [2.75, 3.05) is 6.61 Å². The third-order valence-corrected chi connectivity index (χ3v) is 3.75. The number of hydrazine groups is 1. The number of rotatable bonds is 7. The van der Waals surface area contributed by atoms with E-state index in [0.717, 1.165) is 5.56 Å². The van der Waals surface area contributed by atoms with Crippen LogP contribution in [0.1, 0.15) is 40.1 Å². The minimum atomic E-state index is -0.684. The van der Waals surface area contributed by atoms with E-state index in [1.165, 1.54) is 12.1 Å². The molecule has 30 heavy (non-hydrogen) atoms. The van der Waals surface area contributed by atoms with E-state index in [9.17, 15) is 19.2 Å². The molecule has 0 aromatic heterocycles. The number of carbonyl (C=O) groups is 4. The fraction of sp³-hybridized carbons (Fsp3) is 0.238. The van der Waals surface area contributed by atoms with Crippen LogP contribution in [0.15, 0.2) is 54.6 Å². The lowest BCUT2D eigenvalue weighted by molar-refractivity contribution is -0.125. The van der Waals surface area contributed by atoms with Gasteiger partial charge in [-0.2, -0.15) is 0 Å². The molecular weight excluding hydrogens is 388 g/mol. The van der Waals surface area contributed by atoms with Crippen molar-refractivity contribution in [3.8, 4) is 0 Å². The van der Waals surface area contributed by atoms with Crippen molar-refractivity contribution in [3.63, 3.8) is 0 Å². The maximum absolute atomic E-state index is 12.0. The summed E-state index contributed by atoms with van der Waals surface area (Å²) in [5, 5.41) is 5.41. The summed E-state index contributed by atoms with van der Waals surface area (Å²) < 4.78 is 4.93. The highest BCUT2D eigenvalue weighted by Gasteiger charge is 2.12. The maximum atomic E-state index is 12.0. The van der Waals surface area contributed by atoms with E-state index in [4.69, 9.17) is 4.74 Å². The van der Waals surface area contributed by atoms with Crippen molar-refractivity contribution in [2.24, 2.45) is 0 Å². The topological polar surface area (TPSA) is 126 Å². The molecule has 2 aromatic rings. The van der Waals surface area contributed by atoms with Crippen LogP contribution in [0.4, 0.5) is 4.79 Å². The Morgan fingerprint density at radius 2 is 1.53 bits per heavy atom. The van der Waals surface area contributed by atoms with Gasteiger partial charge in [-0.1, -0.05) is 30.3 Å². The van der Waals surface area contributed by atoms with Gasteiger partial charge >= 0.3 is 12.0 Å². The summed E-state index contributed by atoms with van der Waals surface area (Å²) in [4.78, 5) is 47.2. The first-order chi connectivity index (χ1) is 14.3. The van der Waals surface area contributed by atoms with Gasteiger partial charge < -0.3 is 15.4 Å². The smallest absolute Gasteiger partial charge is 0.338 e. The Labute approximate surface area is 174 Å². The van der Waals surface area contributed by atoms with Crippen LogP contribution in [-0.2, 0) is 16.1 Å². The normalized spacial score (nSPS) is 10.1. The first kappa shape index (κ1) is 22.4. The lowest BCUT2D eigenvalue weighted by atomic mass is 10.1. The average molecular weight is 412 g/mol. The minimum Gasteiger partial charge on any atom is -0.452 e. The van der Waals surface area contributed by atoms with Crippen molar-refractivity contribution in [3.05, 3.63) is 71.3 Å². The predicted molar refractivity (Wildman–Crippen MR) is 109 cm³/mol. The molecule has 0 radical (unpaired) electrons. The number of carbonyl (C=O) groups excluding carboxylic acids is 4. The van der Waals surface area contributed by atoms with Crippen molar-refractivity contribution >= 4 is 23.8 Å². The van der Waals surface area contributed by atoms with Gasteiger partial charge in [-0.3, -0.25) is 20.4 Å². The highest BCUT2D eigenvalue weighted by atomic mass is 16.5. The quantitative estimate of drug-likeness (QED) is 0.405. The molecule has 4 amide bonds. The molecule has 158 valence electrons. The lowest BCUT2D eigenvalue weighted by Crippen LogP contribution is -2.43. The molecule has 0 fully saturated rings. The van der Waals surface area contributed by atoms with Crippen molar-refractivity contribution in [1.82, 2.24) is 21.5 Å². The van der Waals surface area contributed by atoms with Crippen molar-refractivity contribution < 1.29 is 23.9 Å². The lowest BCUT2D eigenvalue weighted by Gasteiger charge is -2.10. The Balaban J connectivity index is 1.73. The van der Waals surface area contributed by atoms with E-state index in [1.54, 1.807) is 42.5 Å². The molecule has 0 unspecified atom stereocenters. The standard InChI is InChI=1S/C21H24N4O5/c1-14(2)23-21(29)22-12-15-8-10-17(11-9-15)20(28)30-13-18(26)24-25-19(27)16-6-4-3-5-7-16/h3-11,14H,12-13H2,1-2H3,(H,24,26)(H,25,27)(H2,22,23,29). The fourth-order valence-corrected chi connectivity index (χ4v) is 2.29. The molecule has 0 aliphatic rings. The number of amides is 4. The van der Waals surface area contributed by atoms with Crippen LogP contribution in [0.25, 0.3) is 0 Å². The molecule has 0 atom stereocenters. The Morgan fingerprint density at radius 1 is 0.867 bits per heavy atom. The Morgan fingerprint density at radius 3 is 2.17 bits per heavy atom. The van der Waals surface area contributed by atoms with E-state index in [-0.39, 0.29) is 17.6 Å². The average Bonchev–Trinajstić information content (AvgIpc) is 2.74. The predicted octanol–water partition coefficient (Wildman–Crippen LogP) is 1.51. The van der Waals surface area contributed by atoms with E-state index in [0.29, 0.717) is 12.1 Å². The van der Waals surface area contributed by atoms with E-state index in [1.807, 2.05) is 13.8 Å². The molecule has 2 rings (SSSR count). The van der Waals surface area contributed by atoms with Gasteiger partial charge in [0.05, 0.1) is 5.56 Å². The SMILES string of the molecule is CC(C)NC(=O)NCc1ccc(C(=O)OCC(=O)NNC(=O)c2ccccc2)cc1. The molecule has 0 spiro atoms. The monoisotopic (exact) mass is 412 g/mol. The van der Waals surface area contributed by atoms with Gasteiger partial charge in [0.15, 0.2) is 6.61 Å². The number of hydrogen-bond donors (Lipinski definition) is 4. The molecule has 9 heteroatoms. The van der Waals surface area contributed by atoms with Crippen LogP contribution >= 0.6 is 0 Å². The zero-order valence-electron chi connectivity index (χ0n) is 16.7. The zero-order chi connectivity index (χ0) is 21.9. The summed E-state index contributed by atoms with van der Waals surface area (Å²) in [6.45, 7) is 3.47. The third-order valence-electron chi connectivity index (χ3n) is 3.75. The van der Waals surface area contributed by atoms with Crippen LogP contribution in [0.2, 0.25) is 0 Å². The van der Waals surface area contributed by atoms with Gasteiger partial charge in [0.25, 0.3) is 11.8 Å². The van der Waals surface area contributed by atoms with Gasteiger partial charge in [-0.15, -0.1) is 0 Å². The molecule has 2 aromatic carbocycles. The number of hydrogen-bond acceptors (Lipinski definition) is 5. The van der Waals surface area contributed by atoms with E-state index in [2.05, 4.69) is 21.5 Å². The van der Waals surface area contributed by atoms with E-state index < -0.39 is 24.4 Å². The summed E-state index contributed by atoms with van der Waals surface area (Å²) >= 11 is 0. The molecule has 0 aliphatic heterocycles. The maximum Gasteiger partial charge on any atom is 0.338 e. The Hall–Kier alpha value is -3.88. The second kappa shape index (κ2) is 11.2. The first-order valence-corrected chi connectivity index (χ1v) is 9.30. The number of ether oxygens (including phenoxy) is 1. The number of nitrogens with one attached hydrogen (secondary N) is 4. The van der Waals surface area contributed by atoms with Gasteiger partial charge in [-0.25, -0.2) is 9.59 Å². The zero-order valence-corrected chi connectivity index (χ0v) is 16.7. The van der Waals surface area contributed by atoms with Crippen LogP contribution < -0.4 is 21.5 Å². The largest absolute Gasteiger partial charge is 0.452 e. The second-order valence-electron chi connectivity index (χ2n) is 6.62.